The lowest BCUT2D eigenvalue weighted by atomic mass is 10.2. The molecule has 0 saturated carbocycles. The van der Waals surface area contributed by atoms with Gasteiger partial charge in [0.15, 0.2) is 0 Å². The van der Waals surface area contributed by atoms with Gasteiger partial charge in [-0.2, -0.15) is 5.10 Å². The Morgan fingerprint density at radius 1 is 1.38 bits per heavy atom. The molecule has 6 heteroatoms. The summed E-state index contributed by atoms with van der Waals surface area (Å²) in [5.41, 5.74) is 3.67. The van der Waals surface area contributed by atoms with Gasteiger partial charge in [0, 0.05) is 16.1 Å². The Morgan fingerprint density at radius 2 is 2.19 bits per heavy atom. The van der Waals surface area contributed by atoms with Gasteiger partial charge in [-0.05, 0) is 41.7 Å². The number of hydrogen-bond donors (Lipinski definition) is 1. The van der Waals surface area contributed by atoms with E-state index in [1.807, 2.05) is 6.07 Å². The molecule has 2 aromatic rings. The Morgan fingerprint density at radius 3 is 2.90 bits per heavy atom. The summed E-state index contributed by atoms with van der Waals surface area (Å²) in [7, 11) is 0. The molecule has 0 amide bonds. The first-order valence-electron chi connectivity index (χ1n) is 6.47. The number of rotatable bonds is 3. The standard InChI is InChI=1S/C15H12Cl2N2O2/c16-12-4-3-11(13(17)6-12)8-19-15-9(5-14(20)21)1-2-10(15)7-18-19/h3-7H,1-2,8H2,(H,20,21). The lowest BCUT2D eigenvalue weighted by molar-refractivity contribution is -0.131. The average molecular weight is 323 g/mol. The van der Waals surface area contributed by atoms with Crippen molar-refractivity contribution >= 4 is 34.7 Å². The molecule has 0 bridgehead atoms. The minimum atomic E-state index is -0.935. The minimum absolute atomic E-state index is 0.488. The number of carboxylic acid groups (broad SMARTS) is 1. The van der Waals surface area contributed by atoms with Gasteiger partial charge in [0.25, 0.3) is 0 Å². The number of carboxylic acids is 1. The van der Waals surface area contributed by atoms with Gasteiger partial charge >= 0.3 is 5.97 Å². The van der Waals surface area contributed by atoms with Crippen molar-refractivity contribution < 1.29 is 9.90 Å². The van der Waals surface area contributed by atoms with E-state index < -0.39 is 5.97 Å². The van der Waals surface area contributed by atoms with Gasteiger partial charge in [-0.3, -0.25) is 4.68 Å². The molecule has 1 aromatic carbocycles. The zero-order valence-electron chi connectivity index (χ0n) is 11.0. The van der Waals surface area contributed by atoms with Crippen molar-refractivity contribution in [2.24, 2.45) is 0 Å². The maximum atomic E-state index is 10.9. The second-order valence-electron chi connectivity index (χ2n) is 4.92. The lowest BCUT2D eigenvalue weighted by Crippen LogP contribution is -2.06. The van der Waals surface area contributed by atoms with Crippen LogP contribution in [0.25, 0.3) is 5.57 Å². The monoisotopic (exact) mass is 322 g/mol. The molecule has 108 valence electrons. The van der Waals surface area contributed by atoms with E-state index >= 15 is 0 Å². The summed E-state index contributed by atoms with van der Waals surface area (Å²) in [6.07, 6.45) is 4.60. The molecule has 0 spiro atoms. The number of carbonyl (C=O) groups is 1. The van der Waals surface area contributed by atoms with Gasteiger partial charge in [-0.1, -0.05) is 29.3 Å². The quantitative estimate of drug-likeness (QED) is 0.877. The van der Waals surface area contributed by atoms with Crippen LogP contribution in [0.2, 0.25) is 10.0 Å². The van der Waals surface area contributed by atoms with Crippen LogP contribution in [-0.2, 0) is 17.8 Å². The highest BCUT2D eigenvalue weighted by Crippen LogP contribution is 2.33. The normalized spacial score (nSPS) is 15.4. The highest BCUT2D eigenvalue weighted by Gasteiger charge is 2.23. The summed E-state index contributed by atoms with van der Waals surface area (Å²) >= 11 is 12.1. The highest BCUT2D eigenvalue weighted by atomic mass is 35.5. The molecule has 21 heavy (non-hydrogen) atoms. The van der Waals surface area contributed by atoms with Gasteiger partial charge < -0.3 is 5.11 Å². The second-order valence-corrected chi connectivity index (χ2v) is 5.76. The van der Waals surface area contributed by atoms with Crippen LogP contribution >= 0.6 is 23.2 Å². The predicted octanol–water partition coefficient (Wildman–Crippen LogP) is 3.65. The van der Waals surface area contributed by atoms with Crippen LogP contribution in [-0.4, -0.2) is 20.9 Å². The molecule has 4 nitrogen and oxygen atoms in total. The molecular weight excluding hydrogens is 311 g/mol. The van der Waals surface area contributed by atoms with Crippen molar-refractivity contribution in [1.29, 1.82) is 0 Å². The summed E-state index contributed by atoms with van der Waals surface area (Å²) in [5, 5.41) is 14.5. The van der Waals surface area contributed by atoms with Crippen LogP contribution in [0.4, 0.5) is 0 Å². The van der Waals surface area contributed by atoms with Crippen molar-refractivity contribution in [2.75, 3.05) is 0 Å². The molecule has 1 heterocycles. The zero-order chi connectivity index (χ0) is 15.0. The number of nitrogens with zero attached hydrogens (tertiary/aromatic N) is 2. The van der Waals surface area contributed by atoms with Crippen molar-refractivity contribution in [1.82, 2.24) is 9.78 Å². The van der Waals surface area contributed by atoms with Crippen LogP contribution in [0.15, 0.2) is 30.5 Å². The third-order valence-corrected chi connectivity index (χ3v) is 4.10. The van der Waals surface area contributed by atoms with E-state index in [-0.39, 0.29) is 0 Å². The van der Waals surface area contributed by atoms with Crippen LogP contribution in [0.1, 0.15) is 23.2 Å². The largest absolute Gasteiger partial charge is 0.478 e. The highest BCUT2D eigenvalue weighted by molar-refractivity contribution is 6.35. The maximum absolute atomic E-state index is 10.9. The van der Waals surface area contributed by atoms with E-state index in [2.05, 4.69) is 5.10 Å². The van der Waals surface area contributed by atoms with Gasteiger partial charge in [0.1, 0.15) is 0 Å². The van der Waals surface area contributed by atoms with E-state index in [1.54, 1.807) is 23.0 Å². The number of aliphatic carboxylic acids is 1. The molecule has 1 aliphatic rings. The predicted molar refractivity (Wildman–Crippen MR) is 81.7 cm³/mol. The molecule has 0 saturated heterocycles. The summed E-state index contributed by atoms with van der Waals surface area (Å²) in [5.74, 6) is -0.935. The molecule has 0 aliphatic heterocycles. The van der Waals surface area contributed by atoms with Gasteiger partial charge in [0.05, 0.1) is 18.4 Å². The van der Waals surface area contributed by atoms with Gasteiger partial charge in [0.2, 0.25) is 0 Å². The third-order valence-electron chi connectivity index (χ3n) is 3.52. The van der Waals surface area contributed by atoms with Crippen molar-refractivity contribution in [3.8, 4) is 0 Å². The van der Waals surface area contributed by atoms with Crippen LogP contribution in [0.5, 0.6) is 0 Å². The van der Waals surface area contributed by atoms with Gasteiger partial charge in [-0.15, -0.1) is 0 Å². The number of benzene rings is 1. The summed E-state index contributed by atoms with van der Waals surface area (Å²) < 4.78 is 1.80. The third kappa shape index (κ3) is 2.82. The van der Waals surface area contributed by atoms with E-state index in [9.17, 15) is 4.79 Å². The Kier molecular flexibility index (Phi) is 3.74. The Bertz CT molecular complexity index is 750. The van der Waals surface area contributed by atoms with E-state index in [4.69, 9.17) is 28.3 Å². The van der Waals surface area contributed by atoms with Crippen LogP contribution in [0, 0.1) is 0 Å². The summed E-state index contributed by atoms with van der Waals surface area (Å²) in [6.45, 7) is 0.488. The molecular formula is C15H12Cl2N2O2. The molecule has 0 unspecified atom stereocenters. The number of aromatic nitrogens is 2. The van der Waals surface area contributed by atoms with Crippen molar-refractivity contribution in [3.63, 3.8) is 0 Å². The Balaban J connectivity index is 1.97. The number of fused-ring (bicyclic) bond motifs is 1. The molecule has 3 rings (SSSR count). The number of aryl methyl sites for hydroxylation is 1. The first-order chi connectivity index (χ1) is 10.0. The lowest BCUT2D eigenvalue weighted by Gasteiger charge is -2.09. The number of allylic oxidation sites excluding steroid dienone is 1. The van der Waals surface area contributed by atoms with E-state index in [0.717, 1.165) is 35.2 Å². The number of halogens is 2. The Hall–Kier alpha value is -1.78. The first-order valence-corrected chi connectivity index (χ1v) is 7.22. The zero-order valence-corrected chi connectivity index (χ0v) is 12.5. The minimum Gasteiger partial charge on any atom is -0.478 e. The fourth-order valence-corrected chi connectivity index (χ4v) is 3.06. The summed E-state index contributed by atoms with van der Waals surface area (Å²) in [6, 6.07) is 5.32. The fraction of sp³-hybridized carbons (Fsp3) is 0.200. The van der Waals surface area contributed by atoms with Gasteiger partial charge in [-0.25, -0.2) is 4.79 Å². The first kappa shape index (κ1) is 14.2. The number of hydrogen-bond acceptors (Lipinski definition) is 2. The van der Waals surface area contributed by atoms with E-state index in [1.165, 1.54) is 6.08 Å². The molecule has 0 fully saturated rings. The molecule has 1 aromatic heterocycles. The average Bonchev–Trinajstić information content (AvgIpc) is 2.97. The Labute approximate surface area is 131 Å². The molecule has 0 radical (unpaired) electrons. The van der Waals surface area contributed by atoms with Crippen LogP contribution < -0.4 is 0 Å². The smallest absolute Gasteiger partial charge is 0.328 e. The van der Waals surface area contributed by atoms with Crippen molar-refractivity contribution in [2.45, 2.75) is 19.4 Å². The fourth-order valence-electron chi connectivity index (χ4n) is 2.59. The topological polar surface area (TPSA) is 55.1 Å². The summed E-state index contributed by atoms with van der Waals surface area (Å²) in [4.78, 5) is 10.9. The second kappa shape index (κ2) is 5.54. The van der Waals surface area contributed by atoms with Crippen molar-refractivity contribution in [3.05, 3.63) is 57.3 Å². The maximum Gasteiger partial charge on any atom is 0.328 e. The van der Waals surface area contributed by atoms with E-state index in [0.29, 0.717) is 16.6 Å². The SMILES string of the molecule is O=C(O)C=C1CCc2cnn(Cc3ccc(Cl)cc3Cl)c21. The molecule has 1 aliphatic carbocycles. The van der Waals surface area contributed by atoms with Crippen LogP contribution in [0.3, 0.4) is 0 Å². The molecule has 0 atom stereocenters. The molecule has 1 N–H and O–H groups in total.